The highest BCUT2D eigenvalue weighted by Gasteiger charge is 2.22. The van der Waals surface area contributed by atoms with Crippen molar-refractivity contribution in [3.05, 3.63) is 38.9 Å². The third-order valence-electron chi connectivity index (χ3n) is 5.91. The average Bonchev–Trinajstić information content (AvgIpc) is 2.68. The third-order valence-corrected chi connectivity index (χ3v) is 6.21. The molecule has 1 aliphatic carbocycles. The first-order valence-electron chi connectivity index (χ1n) is 9.81. The topological polar surface area (TPSA) is 61.3 Å². The minimum atomic E-state index is -0.0424. The number of hydrogen-bond acceptors (Lipinski definition) is 4. The molecule has 6 nitrogen and oxygen atoms in total. The molecule has 2 fully saturated rings. The van der Waals surface area contributed by atoms with Crippen molar-refractivity contribution in [2.24, 2.45) is 0 Å². The molecular weight excluding hydrogens is 360 g/mol. The van der Waals surface area contributed by atoms with Gasteiger partial charge in [-0.15, -0.1) is 0 Å². The van der Waals surface area contributed by atoms with Crippen LogP contribution in [-0.2, 0) is 0 Å². The van der Waals surface area contributed by atoms with Gasteiger partial charge in [-0.3, -0.25) is 14.2 Å². The Labute approximate surface area is 163 Å². The molecule has 2 aliphatic rings. The van der Waals surface area contributed by atoms with Crippen molar-refractivity contribution in [3.8, 4) is 0 Å². The normalized spacial score (nSPS) is 19.5. The fourth-order valence-electron chi connectivity index (χ4n) is 4.23. The van der Waals surface area contributed by atoms with Crippen LogP contribution in [0, 0.1) is 4.77 Å². The van der Waals surface area contributed by atoms with Crippen LogP contribution in [0.4, 0.5) is 0 Å². The van der Waals surface area contributed by atoms with E-state index in [1.165, 1.54) is 6.42 Å². The summed E-state index contributed by atoms with van der Waals surface area (Å²) in [7, 11) is 2.06. The number of hydrogen-bond donors (Lipinski definition) is 1. The van der Waals surface area contributed by atoms with Gasteiger partial charge in [-0.1, -0.05) is 19.3 Å². The van der Waals surface area contributed by atoms with Gasteiger partial charge < -0.3 is 14.8 Å². The predicted octanol–water partition coefficient (Wildman–Crippen LogP) is 2.95. The minimum Gasteiger partial charge on any atom is -0.336 e. The fourth-order valence-corrected chi connectivity index (χ4v) is 4.57. The molecule has 1 saturated carbocycles. The van der Waals surface area contributed by atoms with Gasteiger partial charge in [-0.05, 0) is 50.3 Å². The van der Waals surface area contributed by atoms with Crippen molar-refractivity contribution in [3.63, 3.8) is 0 Å². The minimum absolute atomic E-state index is 0.0146. The summed E-state index contributed by atoms with van der Waals surface area (Å²) in [5, 5.41) is 0.601. The number of fused-ring (bicyclic) bond motifs is 1. The molecule has 7 heteroatoms. The number of aromatic nitrogens is 2. The first-order chi connectivity index (χ1) is 13.0. The van der Waals surface area contributed by atoms with Crippen LogP contribution in [0.2, 0.25) is 0 Å². The molecule has 0 radical (unpaired) electrons. The van der Waals surface area contributed by atoms with Crippen molar-refractivity contribution in [1.82, 2.24) is 19.4 Å². The van der Waals surface area contributed by atoms with Gasteiger partial charge in [0.25, 0.3) is 11.5 Å². The molecule has 27 heavy (non-hydrogen) atoms. The lowest BCUT2D eigenvalue weighted by molar-refractivity contribution is 0.0664. The maximum atomic E-state index is 13.0. The highest BCUT2D eigenvalue weighted by Crippen LogP contribution is 2.27. The number of benzene rings is 1. The van der Waals surface area contributed by atoms with Crippen molar-refractivity contribution in [2.45, 2.75) is 38.1 Å². The Kier molecular flexibility index (Phi) is 5.14. The Balaban J connectivity index is 1.68. The number of carbonyl (C=O) groups is 1. The Morgan fingerprint density at radius 1 is 1.11 bits per heavy atom. The van der Waals surface area contributed by atoms with E-state index in [0.717, 1.165) is 51.9 Å². The second-order valence-electron chi connectivity index (χ2n) is 7.75. The van der Waals surface area contributed by atoms with Crippen LogP contribution in [0.3, 0.4) is 0 Å². The molecule has 1 aromatic heterocycles. The van der Waals surface area contributed by atoms with Gasteiger partial charge in [0, 0.05) is 37.8 Å². The summed E-state index contributed by atoms with van der Waals surface area (Å²) in [4.78, 5) is 33.2. The predicted molar refractivity (Wildman–Crippen MR) is 109 cm³/mol. The second kappa shape index (κ2) is 7.56. The lowest BCUT2D eigenvalue weighted by Gasteiger charge is -2.32. The summed E-state index contributed by atoms with van der Waals surface area (Å²) < 4.78 is 2.21. The largest absolute Gasteiger partial charge is 0.336 e. The SMILES string of the molecule is CN1CCN(C(=O)c2ccc3c(=O)n(C4CCCCC4)c(=S)[nH]c3c2)CC1. The standard InChI is InChI=1S/C20H26N4O2S/c1-22-9-11-23(12-10-22)18(25)14-7-8-16-17(13-14)21-20(27)24(19(16)26)15-5-3-2-4-6-15/h7-8,13,15H,2-6,9-12H2,1H3,(H,21,27). The molecule has 0 bridgehead atoms. The fraction of sp³-hybridized carbons (Fsp3) is 0.550. The van der Waals surface area contributed by atoms with E-state index in [4.69, 9.17) is 12.2 Å². The Morgan fingerprint density at radius 3 is 2.52 bits per heavy atom. The molecule has 0 atom stereocenters. The number of H-pyrrole nitrogens is 1. The summed E-state index contributed by atoms with van der Waals surface area (Å²) in [5.74, 6) is 0.0146. The van der Waals surface area contributed by atoms with Crippen molar-refractivity contribution in [2.75, 3.05) is 33.2 Å². The molecule has 2 aromatic rings. The van der Waals surface area contributed by atoms with E-state index in [1.54, 1.807) is 22.8 Å². The molecule has 1 aromatic carbocycles. The number of piperazine rings is 1. The van der Waals surface area contributed by atoms with Crippen molar-refractivity contribution in [1.29, 1.82) is 0 Å². The highest BCUT2D eigenvalue weighted by molar-refractivity contribution is 7.71. The van der Waals surface area contributed by atoms with E-state index in [1.807, 2.05) is 4.90 Å². The number of likely N-dealkylation sites (N-methyl/N-ethyl adjacent to an activating group) is 1. The molecular formula is C20H26N4O2S. The van der Waals surface area contributed by atoms with Gasteiger partial charge in [0.2, 0.25) is 0 Å². The first-order valence-corrected chi connectivity index (χ1v) is 10.2. The van der Waals surface area contributed by atoms with E-state index in [-0.39, 0.29) is 17.5 Å². The zero-order valence-corrected chi connectivity index (χ0v) is 16.6. The smallest absolute Gasteiger partial charge is 0.262 e. The van der Waals surface area contributed by atoms with Gasteiger partial charge >= 0.3 is 0 Å². The van der Waals surface area contributed by atoms with E-state index in [0.29, 0.717) is 21.2 Å². The quantitative estimate of drug-likeness (QED) is 0.806. The first kappa shape index (κ1) is 18.4. The van der Waals surface area contributed by atoms with Gasteiger partial charge in [0.05, 0.1) is 10.9 Å². The van der Waals surface area contributed by atoms with Gasteiger partial charge in [-0.25, -0.2) is 0 Å². The maximum absolute atomic E-state index is 13.0. The number of aromatic amines is 1. The Bertz CT molecular complexity index is 966. The van der Waals surface area contributed by atoms with E-state index >= 15 is 0 Å². The summed E-state index contributed by atoms with van der Waals surface area (Å²) in [5.41, 5.74) is 1.21. The molecule has 1 saturated heterocycles. The Morgan fingerprint density at radius 2 is 1.81 bits per heavy atom. The van der Waals surface area contributed by atoms with E-state index < -0.39 is 0 Å². The molecule has 2 heterocycles. The Hall–Kier alpha value is -1.99. The molecule has 0 spiro atoms. The van der Waals surface area contributed by atoms with E-state index in [9.17, 15) is 9.59 Å². The van der Waals surface area contributed by atoms with Crippen LogP contribution in [0.15, 0.2) is 23.0 Å². The number of amides is 1. The zero-order valence-electron chi connectivity index (χ0n) is 15.7. The van der Waals surface area contributed by atoms with Crippen LogP contribution in [-0.4, -0.2) is 58.5 Å². The highest BCUT2D eigenvalue weighted by atomic mass is 32.1. The van der Waals surface area contributed by atoms with Gasteiger partial charge in [-0.2, -0.15) is 0 Å². The molecule has 1 aliphatic heterocycles. The number of rotatable bonds is 2. The lowest BCUT2D eigenvalue weighted by atomic mass is 9.95. The maximum Gasteiger partial charge on any atom is 0.262 e. The van der Waals surface area contributed by atoms with Gasteiger partial charge in [0.15, 0.2) is 4.77 Å². The van der Waals surface area contributed by atoms with Crippen LogP contribution >= 0.6 is 12.2 Å². The van der Waals surface area contributed by atoms with Crippen LogP contribution in [0.1, 0.15) is 48.5 Å². The second-order valence-corrected chi connectivity index (χ2v) is 8.14. The molecule has 4 rings (SSSR count). The van der Waals surface area contributed by atoms with Crippen molar-refractivity contribution < 1.29 is 4.79 Å². The van der Waals surface area contributed by atoms with Gasteiger partial charge in [0.1, 0.15) is 0 Å². The number of carbonyl (C=O) groups excluding carboxylic acids is 1. The number of nitrogens with zero attached hydrogens (tertiary/aromatic N) is 3. The summed E-state index contributed by atoms with van der Waals surface area (Å²) in [6, 6.07) is 5.50. The zero-order chi connectivity index (χ0) is 19.0. The monoisotopic (exact) mass is 386 g/mol. The summed E-state index contributed by atoms with van der Waals surface area (Å²) in [6.07, 6.45) is 5.52. The average molecular weight is 387 g/mol. The van der Waals surface area contributed by atoms with E-state index in [2.05, 4.69) is 16.9 Å². The lowest BCUT2D eigenvalue weighted by Crippen LogP contribution is -2.47. The molecule has 0 unspecified atom stereocenters. The van der Waals surface area contributed by atoms with Crippen LogP contribution in [0.5, 0.6) is 0 Å². The third kappa shape index (κ3) is 3.58. The molecule has 144 valence electrons. The van der Waals surface area contributed by atoms with Crippen LogP contribution in [0.25, 0.3) is 10.9 Å². The van der Waals surface area contributed by atoms with Crippen LogP contribution < -0.4 is 5.56 Å². The molecule has 1 N–H and O–H groups in total. The van der Waals surface area contributed by atoms with Crippen molar-refractivity contribution >= 4 is 29.0 Å². The summed E-state index contributed by atoms with van der Waals surface area (Å²) in [6.45, 7) is 3.22. The summed E-state index contributed by atoms with van der Waals surface area (Å²) >= 11 is 5.50. The number of nitrogens with one attached hydrogen (secondary N) is 1. The molecule has 1 amide bonds.